The monoisotopic (exact) mass is 335 g/mol. The first-order chi connectivity index (χ1) is 9.61. The number of nitrogen functional groups attached to an aromatic ring is 1. The molecule has 0 aliphatic heterocycles. The van der Waals surface area contributed by atoms with Crippen molar-refractivity contribution in [3.8, 4) is 5.75 Å². The van der Waals surface area contributed by atoms with Crippen molar-refractivity contribution in [2.45, 2.75) is 6.61 Å². The van der Waals surface area contributed by atoms with Gasteiger partial charge in [0, 0.05) is 4.47 Å². The molecule has 2 rings (SSSR count). The lowest BCUT2D eigenvalue weighted by molar-refractivity contribution is 0.0473. The standard InChI is InChI=1S/C15H14BrNO3/c1-19-13-4-2-3-12(14(13)17)15(18)20-9-10-5-7-11(16)8-6-10/h2-8H,9,17H2,1H3. The lowest BCUT2D eigenvalue weighted by atomic mass is 10.1. The van der Waals surface area contributed by atoms with Gasteiger partial charge in [0.2, 0.25) is 0 Å². The highest BCUT2D eigenvalue weighted by Crippen LogP contribution is 2.25. The Hall–Kier alpha value is -2.01. The van der Waals surface area contributed by atoms with Crippen molar-refractivity contribution in [2.75, 3.05) is 12.8 Å². The van der Waals surface area contributed by atoms with Crippen LogP contribution in [0.3, 0.4) is 0 Å². The molecule has 5 heteroatoms. The molecule has 0 aromatic heterocycles. The lowest BCUT2D eigenvalue weighted by Gasteiger charge is -2.10. The summed E-state index contributed by atoms with van der Waals surface area (Å²) in [5, 5.41) is 0. The molecular weight excluding hydrogens is 322 g/mol. The zero-order valence-corrected chi connectivity index (χ0v) is 12.5. The Labute approximate surface area is 125 Å². The number of rotatable bonds is 4. The number of esters is 1. The predicted octanol–water partition coefficient (Wildman–Crippen LogP) is 3.40. The van der Waals surface area contributed by atoms with Gasteiger partial charge in [-0.2, -0.15) is 0 Å². The van der Waals surface area contributed by atoms with Crippen molar-refractivity contribution in [1.29, 1.82) is 0 Å². The number of nitrogens with two attached hydrogens (primary N) is 1. The van der Waals surface area contributed by atoms with Gasteiger partial charge >= 0.3 is 5.97 Å². The molecule has 0 unspecified atom stereocenters. The molecule has 0 atom stereocenters. The number of benzene rings is 2. The second-order valence-corrected chi connectivity index (χ2v) is 5.04. The number of para-hydroxylation sites is 1. The SMILES string of the molecule is COc1cccc(C(=O)OCc2ccc(Br)cc2)c1N. The van der Waals surface area contributed by atoms with E-state index in [1.165, 1.54) is 7.11 Å². The maximum Gasteiger partial charge on any atom is 0.340 e. The van der Waals surface area contributed by atoms with Crippen molar-refractivity contribution in [1.82, 2.24) is 0 Å². The molecule has 2 N–H and O–H groups in total. The highest BCUT2D eigenvalue weighted by Gasteiger charge is 2.14. The van der Waals surface area contributed by atoms with E-state index in [1.807, 2.05) is 24.3 Å². The molecular formula is C15H14BrNO3. The van der Waals surface area contributed by atoms with E-state index >= 15 is 0 Å². The summed E-state index contributed by atoms with van der Waals surface area (Å²) in [7, 11) is 1.50. The van der Waals surface area contributed by atoms with Crippen LogP contribution in [0.25, 0.3) is 0 Å². The minimum atomic E-state index is -0.468. The molecule has 2 aromatic carbocycles. The van der Waals surface area contributed by atoms with Gasteiger partial charge in [0.25, 0.3) is 0 Å². The quantitative estimate of drug-likeness (QED) is 0.687. The molecule has 0 saturated heterocycles. The molecule has 2 aromatic rings. The topological polar surface area (TPSA) is 61.5 Å². The van der Waals surface area contributed by atoms with E-state index < -0.39 is 5.97 Å². The first-order valence-corrected chi connectivity index (χ1v) is 6.75. The van der Waals surface area contributed by atoms with E-state index in [2.05, 4.69) is 15.9 Å². The van der Waals surface area contributed by atoms with Gasteiger partial charge in [-0.1, -0.05) is 34.1 Å². The zero-order valence-electron chi connectivity index (χ0n) is 10.9. The number of ether oxygens (including phenoxy) is 2. The van der Waals surface area contributed by atoms with Crippen molar-refractivity contribution in [2.24, 2.45) is 0 Å². The highest BCUT2D eigenvalue weighted by atomic mass is 79.9. The normalized spacial score (nSPS) is 10.1. The van der Waals surface area contributed by atoms with Crippen LogP contribution in [0.15, 0.2) is 46.9 Å². The fraction of sp³-hybridized carbons (Fsp3) is 0.133. The van der Waals surface area contributed by atoms with Crippen LogP contribution < -0.4 is 10.5 Å². The van der Waals surface area contributed by atoms with Crippen LogP contribution in [0.2, 0.25) is 0 Å². The summed E-state index contributed by atoms with van der Waals surface area (Å²) >= 11 is 3.35. The molecule has 0 saturated carbocycles. The molecule has 0 fully saturated rings. The van der Waals surface area contributed by atoms with Crippen LogP contribution in [-0.2, 0) is 11.3 Å². The molecule has 0 radical (unpaired) electrons. The van der Waals surface area contributed by atoms with Crippen LogP contribution in [0.4, 0.5) is 5.69 Å². The van der Waals surface area contributed by atoms with E-state index in [1.54, 1.807) is 18.2 Å². The summed E-state index contributed by atoms with van der Waals surface area (Å²) in [5.41, 5.74) is 7.35. The zero-order chi connectivity index (χ0) is 14.5. The van der Waals surface area contributed by atoms with E-state index in [9.17, 15) is 4.79 Å². The summed E-state index contributed by atoms with van der Waals surface area (Å²) in [6.07, 6.45) is 0. The fourth-order valence-corrected chi connectivity index (χ4v) is 1.97. The number of hydrogen-bond acceptors (Lipinski definition) is 4. The third-order valence-corrected chi connectivity index (χ3v) is 3.32. The Morgan fingerprint density at radius 1 is 1.20 bits per heavy atom. The van der Waals surface area contributed by atoms with Gasteiger partial charge < -0.3 is 15.2 Å². The molecule has 0 spiro atoms. The van der Waals surface area contributed by atoms with Gasteiger partial charge in [-0.15, -0.1) is 0 Å². The van der Waals surface area contributed by atoms with Gasteiger partial charge in [0.05, 0.1) is 18.4 Å². The Balaban J connectivity index is 2.07. The molecule has 104 valence electrons. The maximum absolute atomic E-state index is 12.0. The molecule has 0 heterocycles. The van der Waals surface area contributed by atoms with Crippen LogP contribution in [0.5, 0.6) is 5.75 Å². The van der Waals surface area contributed by atoms with Crippen LogP contribution in [0, 0.1) is 0 Å². The maximum atomic E-state index is 12.0. The average molecular weight is 336 g/mol. The van der Waals surface area contributed by atoms with Gasteiger partial charge in [-0.25, -0.2) is 4.79 Å². The minimum absolute atomic E-state index is 0.197. The highest BCUT2D eigenvalue weighted by molar-refractivity contribution is 9.10. The fourth-order valence-electron chi connectivity index (χ4n) is 1.71. The number of halogens is 1. The van der Waals surface area contributed by atoms with Gasteiger partial charge in [-0.3, -0.25) is 0 Å². The van der Waals surface area contributed by atoms with E-state index in [0.717, 1.165) is 10.0 Å². The first kappa shape index (κ1) is 14.4. The number of carbonyl (C=O) groups excluding carboxylic acids is 1. The minimum Gasteiger partial charge on any atom is -0.495 e. The summed E-state index contributed by atoms with van der Waals surface area (Å²) < 4.78 is 11.3. The van der Waals surface area contributed by atoms with E-state index in [4.69, 9.17) is 15.2 Å². The Kier molecular flexibility index (Phi) is 4.63. The number of hydrogen-bond donors (Lipinski definition) is 1. The summed E-state index contributed by atoms with van der Waals surface area (Å²) in [4.78, 5) is 12.0. The molecule has 0 aliphatic rings. The smallest absolute Gasteiger partial charge is 0.340 e. The molecule has 0 aliphatic carbocycles. The summed E-state index contributed by atoms with van der Waals surface area (Å²) in [6.45, 7) is 0.197. The lowest BCUT2D eigenvalue weighted by Crippen LogP contribution is -2.09. The summed E-state index contributed by atoms with van der Waals surface area (Å²) in [6, 6.07) is 12.6. The molecule has 0 amide bonds. The molecule has 4 nitrogen and oxygen atoms in total. The van der Waals surface area contributed by atoms with Crippen LogP contribution in [-0.4, -0.2) is 13.1 Å². The van der Waals surface area contributed by atoms with E-state index in [0.29, 0.717) is 11.3 Å². The second kappa shape index (κ2) is 6.43. The largest absolute Gasteiger partial charge is 0.495 e. The Morgan fingerprint density at radius 2 is 1.90 bits per heavy atom. The number of methoxy groups -OCH3 is 1. The second-order valence-electron chi connectivity index (χ2n) is 4.12. The van der Waals surface area contributed by atoms with Gasteiger partial charge in [0.15, 0.2) is 0 Å². The van der Waals surface area contributed by atoms with Crippen molar-refractivity contribution in [3.05, 3.63) is 58.1 Å². The Morgan fingerprint density at radius 3 is 2.55 bits per heavy atom. The van der Waals surface area contributed by atoms with Gasteiger partial charge in [0.1, 0.15) is 12.4 Å². The van der Waals surface area contributed by atoms with E-state index in [-0.39, 0.29) is 12.3 Å². The predicted molar refractivity (Wildman–Crippen MR) is 80.7 cm³/mol. The number of carbonyl (C=O) groups is 1. The van der Waals surface area contributed by atoms with Crippen molar-refractivity contribution >= 4 is 27.6 Å². The number of anilines is 1. The Bertz CT molecular complexity index is 611. The first-order valence-electron chi connectivity index (χ1n) is 5.96. The summed E-state index contributed by atoms with van der Waals surface area (Å²) in [5.74, 6) is -0.00703. The third-order valence-electron chi connectivity index (χ3n) is 2.79. The average Bonchev–Trinajstić information content (AvgIpc) is 2.46. The van der Waals surface area contributed by atoms with Crippen LogP contribution in [0.1, 0.15) is 15.9 Å². The van der Waals surface area contributed by atoms with Crippen LogP contribution >= 0.6 is 15.9 Å². The third kappa shape index (κ3) is 3.30. The molecule has 20 heavy (non-hydrogen) atoms. The van der Waals surface area contributed by atoms with Crippen molar-refractivity contribution in [3.63, 3.8) is 0 Å². The van der Waals surface area contributed by atoms with Gasteiger partial charge in [-0.05, 0) is 29.8 Å². The van der Waals surface area contributed by atoms with Crippen molar-refractivity contribution < 1.29 is 14.3 Å². The molecule has 0 bridgehead atoms.